The molecule has 84 valence electrons. The highest BCUT2D eigenvalue weighted by molar-refractivity contribution is 6.02. The van der Waals surface area contributed by atoms with Crippen molar-refractivity contribution < 1.29 is 9.53 Å². The second-order valence-corrected chi connectivity index (χ2v) is 4.88. The molecule has 0 bridgehead atoms. The van der Waals surface area contributed by atoms with Gasteiger partial charge in [-0.3, -0.25) is 4.79 Å². The van der Waals surface area contributed by atoms with Gasteiger partial charge in [0.05, 0.1) is 0 Å². The fourth-order valence-electron chi connectivity index (χ4n) is 2.97. The number of rotatable bonds is 0. The van der Waals surface area contributed by atoms with Gasteiger partial charge in [-0.2, -0.15) is 0 Å². The zero-order valence-electron chi connectivity index (χ0n) is 9.37. The lowest BCUT2D eigenvalue weighted by molar-refractivity contribution is 0.0117. The lowest BCUT2D eigenvalue weighted by atomic mass is 9.66. The van der Waals surface area contributed by atoms with Crippen molar-refractivity contribution >= 4 is 5.78 Å². The summed E-state index contributed by atoms with van der Waals surface area (Å²) in [5, 5.41) is 0. The van der Waals surface area contributed by atoms with Crippen LogP contribution < -0.4 is 0 Å². The van der Waals surface area contributed by atoms with Gasteiger partial charge < -0.3 is 4.74 Å². The van der Waals surface area contributed by atoms with Crippen LogP contribution in [0.4, 0.5) is 0 Å². The first-order valence-electron chi connectivity index (χ1n) is 6.02. The molecule has 1 aliphatic heterocycles. The number of hydrogen-bond donors (Lipinski definition) is 0. The van der Waals surface area contributed by atoms with Gasteiger partial charge in [0.15, 0.2) is 5.78 Å². The first kappa shape index (κ1) is 10.0. The summed E-state index contributed by atoms with van der Waals surface area (Å²) in [5.74, 6) is 0.359. The van der Waals surface area contributed by atoms with E-state index >= 15 is 0 Å². The van der Waals surface area contributed by atoms with E-state index in [0.29, 0.717) is 5.78 Å². The fourth-order valence-corrected chi connectivity index (χ4v) is 2.97. The van der Waals surface area contributed by atoms with Crippen molar-refractivity contribution in [2.24, 2.45) is 5.41 Å². The topological polar surface area (TPSA) is 26.3 Å². The highest BCUT2D eigenvalue weighted by atomic mass is 16.5. The van der Waals surface area contributed by atoms with Gasteiger partial charge in [-0.05, 0) is 31.2 Å². The van der Waals surface area contributed by atoms with Gasteiger partial charge in [0.2, 0.25) is 0 Å². The van der Waals surface area contributed by atoms with Crippen molar-refractivity contribution in [3.05, 3.63) is 35.4 Å². The fraction of sp³-hybridized carbons (Fsp3) is 0.500. The average molecular weight is 216 g/mol. The number of hydrogen-bond acceptors (Lipinski definition) is 2. The maximum Gasteiger partial charge on any atom is 0.169 e. The van der Waals surface area contributed by atoms with Crippen LogP contribution in [0.3, 0.4) is 0 Å². The summed E-state index contributed by atoms with van der Waals surface area (Å²) in [6.07, 6.45) is 3.86. The molecule has 2 aliphatic rings. The molecule has 1 heterocycles. The van der Waals surface area contributed by atoms with Crippen LogP contribution in [0.5, 0.6) is 0 Å². The largest absolute Gasteiger partial charge is 0.381 e. The highest BCUT2D eigenvalue weighted by Crippen LogP contribution is 2.42. The molecule has 0 radical (unpaired) electrons. The number of carbonyl (C=O) groups excluding carboxylic acids is 1. The van der Waals surface area contributed by atoms with Crippen LogP contribution in [-0.4, -0.2) is 19.0 Å². The number of carbonyl (C=O) groups is 1. The molecule has 0 atom stereocenters. The molecule has 1 aromatic rings. The van der Waals surface area contributed by atoms with E-state index in [-0.39, 0.29) is 5.41 Å². The molecule has 0 unspecified atom stereocenters. The minimum Gasteiger partial charge on any atom is -0.381 e. The number of ketones is 1. The first-order valence-corrected chi connectivity index (χ1v) is 6.02. The minimum atomic E-state index is -0.105. The van der Waals surface area contributed by atoms with Crippen LogP contribution in [0.2, 0.25) is 0 Å². The van der Waals surface area contributed by atoms with Crippen LogP contribution >= 0.6 is 0 Å². The van der Waals surface area contributed by atoms with Gasteiger partial charge in [-0.25, -0.2) is 0 Å². The molecule has 1 aromatic carbocycles. The molecule has 16 heavy (non-hydrogen) atoms. The number of Topliss-reactive ketones (excluding diaryl/α,β-unsaturated/α-hetero) is 1. The molecule has 2 nitrogen and oxygen atoms in total. The van der Waals surface area contributed by atoms with Crippen molar-refractivity contribution in [1.29, 1.82) is 0 Å². The Bertz CT molecular complexity index is 416. The molecular formula is C14H16O2. The Morgan fingerprint density at radius 3 is 2.62 bits per heavy atom. The van der Waals surface area contributed by atoms with E-state index in [1.165, 1.54) is 5.56 Å². The Hall–Kier alpha value is -1.15. The van der Waals surface area contributed by atoms with Gasteiger partial charge in [0, 0.05) is 24.2 Å². The average Bonchev–Trinajstić information content (AvgIpc) is 2.36. The third-order valence-electron chi connectivity index (χ3n) is 4.07. The maximum atomic E-state index is 12.5. The number of ether oxygens (including phenoxy) is 1. The standard InChI is InChI=1S/C14H16O2/c15-13-12-4-2-1-3-11(12)5-6-14(13)7-9-16-10-8-14/h1-4H,5-10H2. The molecule has 0 saturated carbocycles. The van der Waals surface area contributed by atoms with Crippen molar-refractivity contribution in [2.75, 3.05) is 13.2 Å². The van der Waals surface area contributed by atoms with Crippen LogP contribution in [0, 0.1) is 5.41 Å². The first-order chi connectivity index (χ1) is 7.82. The van der Waals surface area contributed by atoms with Crippen molar-refractivity contribution in [1.82, 2.24) is 0 Å². The third-order valence-corrected chi connectivity index (χ3v) is 4.07. The summed E-state index contributed by atoms with van der Waals surface area (Å²) in [6.45, 7) is 1.49. The Labute approximate surface area is 95.6 Å². The summed E-state index contributed by atoms with van der Waals surface area (Å²) in [4.78, 5) is 12.5. The summed E-state index contributed by atoms with van der Waals surface area (Å²) < 4.78 is 5.38. The molecule has 1 aliphatic carbocycles. The second kappa shape index (κ2) is 3.70. The highest BCUT2D eigenvalue weighted by Gasteiger charge is 2.43. The Kier molecular flexibility index (Phi) is 2.32. The Balaban J connectivity index is 2.00. The van der Waals surface area contributed by atoms with Gasteiger partial charge in [-0.1, -0.05) is 24.3 Å². The lowest BCUT2D eigenvalue weighted by Crippen LogP contribution is -2.40. The van der Waals surface area contributed by atoms with Crippen LogP contribution in [0.1, 0.15) is 35.2 Å². The second-order valence-electron chi connectivity index (χ2n) is 4.88. The van der Waals surface area contributed by atoms with Crippen LogP contribution in [0.25, 0.3) is 0 Å². The van der Waals surface area contributed by atoms with Crippen LogP contribution in [-0.2, 0) is 11.2 Å². The third kappa shape index (κ3) is 1.40. The number of aryl methyl sites for hydroxylation is 1. The van der Waals surface area contributed by atoms with E-state index in [9.17, 15) is 4.79 Å². The van der Waals surface area contributed by atoms with E-state index < -0.39 is 0 Å². The Morgan fingerprint density at radius 2 is 1.81 bits per heavy atom. The van der Waals surface area contributed by atoms with Crippen LogP contribution in [0.15, 0.2) is 24.3 Å². The van der Waals surface area contributed by atoms with E-state index in [2.05, 4.69) is 6.07 Å². The van der Waals surface area contributed by atoms with Crippen molar-refractivity contribution in [3.8, 4) is 0 Å². The SMILES string of the molecule is O=C1c2ccccc2CCC12CCOCC2. The van der Waals surface area contributed by atoms with Gasteiger partial charge in [0.25, 0.3) is 0 Å². The number of fused-ring (bicyclic) bond motifs is 1. The van der Waals surface area contributed by atoms with Gasteiger partial charge in [0.1, 0.15) is 0 Å². The zero-order chi connectivity index (χ0) is 11.0. The molecule has 3 rings (SSSR count). The molecule has 0 aromatic heterocycles. The van der Waals surface area contributed by atoms with E-state index in [0.717, 1.165) is 44.5 Å². The minimum absolute atomic E-state index is 0.105. The van der Waals surface area contributed by atoms with Gasteiger partial charge >= 0.3 is 0 Å². The summed E-state index contributed by atoms with van der Waals surface area (Å²) in [5.41, 5.74) is 2.08. The number of benzene rings is 1. The summed E-state index contributed by atoms with van der Waals surface area (Å²) in [6, 6.07) is 8.05. The molecule has 1 spiro atoms. The molecule has 1 fully saturated rings. The molecule has 0 amide bonds. The van der Waals surface area contributed by atoms with Crippen molar-refractivity contribution in [3.63, 3.8) is 0 Å². The van der Waals surface area contributed by atoms with E-state index in [1.54, 1.807) is 0 Å². The predicted octanol–water partition coefficient (Wildman–Crippen LogP) is 2.61. The molecular weight excluding hydrogens is 200 g/mol. The quantitative estimate of drug-likeness (QED) is 0.666. The molecule has 1 saturated heterocycles. The lowest BCUT2D eigenvalue weighted by Gasteiger charge is -2.39. The normalized spacial score (nSPS) is 23.1. The predicted molar refractivity (Wildman–Crippen MR) is 61.6 cm³/mol. The zero-order valence-corrected chi connectivity index (χ0v) is 9.37. The molecule has 0 N–H and O–H groups in total. The van der Waals surface area contributed by atoms with Gasteiger partial charge in [-0.15, -0.1) is 0 Å². The monoisotopic (exact) mass is 216 g/mol. The molecule has 2 heteroatoms. The van der Waals surface area contributed by atoms with E-state index in [4.69, 9.17) is 4.74 Å². The summed E-state index contributed by atoms with van der Waals surface area (Å²) in [7, 11) is 0. The van der Waals surface area contributed by atoms with E-state index in [1.807, 2.05) is 18.2 Å². The van der Waals surface area contributed by atoms with Crippen molar-refractivity contribution in [2.45, 2.75) is 25.7 Å². The summed E-state index contributed by atoms with van der Waals surface area (Å²) >= 11 is 0. The maximum absolute atomic E-state index is 12.5. The smallest absolute Gasteiger partial charge is 0.169 e. The Morgan fingerprint density at radius 1 is 1.06 bits per heavy atom.